The monoisotopic (exact) mass is 272 g/mol. The molecule has 0 saturated heterocycles. The molecule has 0 aliphatic carbocycles. The van der Waals surface area contributed by atoms with Crippen LogP contribution in [0.3, 0.4) is 0 Å². The van der Waals surface area contributed by atoms with Crippen molar-refractivity contribution in [3.63, 3.8) is 0 Å². The third kappa shape index (κ3) is 9.00. The SMILES string of the molecule is COCCC(N)C(=O)N(CCC(C)C)CCC(C)C. The van der Waals surface area contributed by atoms with E-state index in [2.05, 4.69) is 27.7 Å². The number of nitrogens with two attached hydrogens (primary N) is 1. The Labute approximate surface area is 118 Å². The molecule has 0 fully saturated rings. The highest BCUT2D eigenvalue weighted by Gasteiger charge is 2.20. The Morgan fingerprint density at radius 1 is 1.05 bits per heavy atom. The van der Waals surface area contributed by atoms with E-state index in [1.54, 1.807) is 7.11 Å². The summed E-state index contributed by atoms with van der Waals surface area (Å²) in [5.74, 6) is 1.27. The standard InChI is InChI=1S/C15H32N2O2/c1-12(2)6-9-17(10-7-13(3)4)15(18)14(16)8-11-19-5/h12-14H,6-11,16H2,1-5H3. The topological polar surface area (TPSA) is 55.6 Å². The highest BCUT2D eigenvalue weighted by atomic mass is 16.5. The minimum atomic E-state index is -0.431. The first kappa shape index (κ1) is 18.4. The molecule has 0 saturated carbocycles. The summed E-state index contributed by atoms with van der Waals surface area (Å²) in [6.45, 7) is 10.9. The summed E-state index contributed by atoms with van der Waals surface area (Å²) in [6.07, 6.45) is 2.65. The molecule has 19 heavy (non-hydrogen) atoms. The van der Waals surface area contributed by atoms with Gasteiger partial charge in [-0.2, -0.15) is 0 Å². The van der Waals surface area contributed by atoms with E-state index in [1.807, 2.05) is 4.90 Å². The third-order valence-corrected chi connectivity index (χ3v) is 3.21. The lowest BCUT2D eigenvalue weighted by atomic mass is 10.1. The molecule has 0 radical (unpaired) electrons. The summed E-state index contributed by atoms with van der Waals surface area (Å²) in [5, 5.41) is 0. The number of hydrogen-bond acceptors (Lipinski definition) is 3. The Morgan fingerprint density at radius 2 is 1.53 bits per heavy atom. The molecule has 4 heteroatoms. The molecule has 0 spiro atoms. The second kappa shape index (κ2) is 10.2. The summed E-state index contributed by atoms with van der Waals surface area (Å²) in [7, 11) is 1.63. The molecule has 1 unspecified atom stereocenters. The Kier molecular flexibility index (Phi) is 9.88. The first-order chi connectivity index (χ1) is 8.88. The van der Waals surface area contributed by atoms with Crippen LogP contribution in [-0.4, -0.2) is 43.7 Å². The summed E-state index contributed by atoms with van der Waals surface area (Å²) in [5.41, 5.74) is 5.95. The van der Waals surface area contributed by atoms with Crippen LogP contribution in [0.25, 0.3) is 0 Å². The van der Waals surface area contributed by atoms with Crippen molar-refractivity contribution < 1.29 is 9.53 Å². The normalized spacial score (nSPS) is 13.1. The van der Waals surface area contributed by atoms with Gasteiger partial charge in [-0.1, -0.05) is 27.7 Å². The molecule has 0 aromatic rings. The van der Waals surface area contributed by atoms with Gasteiger partial charge in [-0.05, 0) is 31.1 Å². The van der Waals surface area contributed by atoms with Gasteiger partial charge in [0.15, 0.2) is 0 Å². The molecule has 0 aromatic carbocycles. The average Bonchev–Trinajstić information content (AvgIpc) is 2.34. The summed E-state index contributed by atoms with van der Waals surface area (Å²) < 4.78 is 4.99. The lowest BCUT2D eigenvalue weighted by Gasteiger charge is -2.27. The van der Waals surface area contributed by atoms with Crippen LogP contribution in [0, 0.1) is 11.8 Å². The van der Waals surface area contributed by atoms with E-state index in [0.29, 0.717) is 24.9 Å². The van der Waals surface area contributed by atoms with Gasteiger partial charge >= 0.3 is 0 Å². The van der Waals surface area contributed by atoms with Gasteiger partial charge in [0, 0.05) is 26.8 Å². The Balaban J connectivity index is 4.38. The number of methoxy groups -OCH3 is 1. The van der Waals surface area contributed by atoms with Crippen molar-refractivity contribution in [2.24, 2.45) is 17.6 Å². The van der Waals surface area contributed by atoms with Gasteiger partial charge in [0.2, 0.25) is 5.91 Å². The average molecular weight is 272 g/mol. The van der Waals surface area contributed by atoms with Gasteiger partial charge < -0.3 is 15.4 Å². The van der Waals surface area contributed by atoms with Crippen LogP contribution in [-0.2, 0) is 9.53 Å². The van der Waals surface area contributed by atoms with Crippen molar-refractivity contribution in [3.05, 3.63) is 0 Å². The van der Waals surface area contributed by atoms with Crippen molar-refractivity contribution >= 4 is 5.91 Å². The number of hydrogen-bond donors (Lipinski definition) is 1. The van der Waals surface area contributed by atoms with Crippen molar-refractivity contribution in [3.8, 4) is 0 Å². The highest BCUT2D eigenvalue weighted by Crippen LogP contribution is 2.08. The van der Waals surface area contributed by atoms with Gasteiger partial charge in [0.05, 0.1) is 6.04 Å². The molecule has 4 nitrogen and oxygen atoms in total. The van der Waals surface area contributed by atoms with Crippen molar-refractivity contribution in [1.82, 2.24) is 4.90 Å². The fraction of sp³-hybridized carbons (Fsp3) is 0.933. The van der Waals surface area contributed by atoms with E-state index in [9.17, 15) is 4.79 Å². The molecule has 0 heterocycles. The fourth-order valence-corrected chi connectivity index (χ4v) is 1.76. The molecule has 2 N–H and O–H groups in total. The molecular formula is C15H32N2O2. The molecule has 0 bridgehead atoms. The first-order valence-electron chi connectivity index (χ1n) is 7.41. The van der Waals surface area contributed by atoms with Gasteiger partial charge in [-0.15, -0.1) is 0 Å². The zero-order chi connectivity index (χ0) is 14.8. The molecule has 1 amide bonds. The largest absolute Gasteiger partial charge is 0.385 e. The molecule has 114 valence electrons. The smallest absolute Gasteiger partial charge is 0.239 e. The van der Waals surface area contributed by atoms with Gasteiger partial charge in [-0.25, -0.2) is 0 Å². The first-order valence-corrected chi connectivity index (χ1v) is 7.41. The Morgan fingerprint density at radius 3 is 1.89 bits per heavy atom. The van der Waals surface area contributed by atoms with E-state index in [4.69, 9.17) is 10.5 Å². The number of carbonyl (C=O) groups is 1. The Bertz CT molecular complexity index is 230. The van der Waals surface area contributed by atoms with Gasteiger partial charge in [0.25, 0.3) is 0 Å². The summed E-state index contributed by atoms with van der Waals surface area (Å²) in [6, 6.07) is -0.431. The molecule has 0 rings (SSSR count). The van der Waals surface area contributed by atoms with Crippen LogP contribution in [0.2, 0.25) is 0 Å². The van der Waals surface area contributed by atoms with E-state index in [-0.39, 0.29) is 5.91 Å². The molecule has 1 atom stereocenters. The number of rotatable bonds is 10. The Hall–Kier alpha value is -0.610. The second-order valence-electron chi connectivity index (χ2n) is 6.08. The predicted octanol–water partition coefficient (Wildman–Crippen LogP) is 2.27. The van der Waals surface area contributed by atoms with Crippen LogP contribution < -0.4 is 5.73 Å². The molecule has 0 aliphatic heterocycles. The maximum atomic E-state index is 12.3. The minimum absolute atomic E-state index is 0.0679. The van der Waals surface area contributed by atoms with Crippen LogP contribution in [0.5, 0.6) is 0 Å². The maximum Gasteiger partial charge on any atom is 0.239 e. The zero-order valence-corrected chi connectivity index (χ0v) is 13.3. The van der Waals surface area contributed by atoms with E-state index >= 15 is 0 Å². The minimum Gasteiger partial charge on any atom is -0.385 e. The number of ether oxygens (including phenoxy) is 1. The maximum absolute atomic E-state index is 12.3. The zero-order valence-electron chi connectivity index (χ0n) is 13.3. The van der Waals surface area contributed by atoms with Gasteiger partial charge in [0.1, 0.15) is 0 Å². The quantitative estimate of drug-likeness (QED) is 0.664. The van der Waals surface area contributed by atoms with Crippen LogP contribution in [0.4, 0.5) is 0 Å². The van der Waals surface area contributed by atoms with Crippen molar-refractivity contribution in [2.75, 3.05) is 26.8 Å². The highest BCUT2D eigenvalue weighted by molar-refractivity contribution is 5.81. The van der Waals surface area contributed by atoms with E-state index in [0.717, 1.165) is 25.9 Å². The third-order valence-electron chi connectivity index (χ3n) is 3.21. The number of amides is 1. The summed E-state index contributed by atoms with van der Waals surface area (Å²) in [4.78, 5) is 14.3. The van der Waals surface area contributed by atoms with Crippen LogP contribution >= 0.6 is 0 Å². The predicted molar refractivity (Wildman–Crippen MR) is 80.0 cm³/mol. The molecular weight excluding hydrogens is 240 g/mol. The lowest BCUT2D eigenvalue weighted by Crippen LogP contribution is -2.45. The van der Waals surface area contributed by atoms with Crippen LogP contribution in [0.1, 0.15) is 47.0 Å². The van der Waals surface area contributed by atoms with Gasteiger partial charge in [-0.3, -0.25) is 4.79 Å². The van der Waals surface area contributed by atoms with Crippen molar-refractivity contribution in [2.45, 2.75) is 53.0 Å². The van der Waals surface area contributed by atoms with Crippen LogP contribution in [0.15, 0.2) is 0 Å². The number of carbonyl (C=O) groups excluding carboxylic acids is 1. The van der Waals surface area contributed by atoms with E-state index in [1.165, 1.54) is 0 Å². The van der Waals surface area contributed by atoms with E-state index < -0.39 is 6.04 Å². The van der Waals surface area contributed by atoms with Crippen molar-refractivity contribution in [1.29, 1.82) is 0 Å². The summed E-state index contributed by atoms with van der Waals surface area (Å²) >= 11 is 0. The number of nitrogens with zero attached hydrogens (tertiary/aromatic N) is 1. The lowest BCUT2D eigenvalue weighted by molar-refractivity contribution is -0.133. The molecule has 0 aliphatic rings. The fourth-order valence-electron chi connectivity index (χ4n) is 1.76. The molecule has 0 aromatic heterocycles. The second-order valence-corrected chi connectivity index (χ2v) is 6.08.